The third kappa shape index (κ3) is 5.44. The summed E-state index contributed by atoms with van der Waals surface area (Å²) in [5.41, 5.74) is 3.33. The summed E-state index contributed by atoms with van der Waals surface area (Å²) in [5.74, 6) is 0.410. The highest BCUT2D eigenvalue weighted by molar-refractivity contribution is 8.01. The number of thiazole rings is 1. The van der Waals surface area contributed by atoms with Crippen molar-refractivity contribution >= 4 is 29.0 Å². The molecule has 25 heavy (non-hydrogen) atoms. The lowest BCUT2D eigenvalue weighted by Crippen LogP contribution is -2.31. The van der Waals surface area contributed by atoms with Crippen molar-refractivity contribution < 1.29 is 4.79 Å². The molecule has 0 unspecified atom stereocenters. The predicted molar refractivity (Wildman–Crippen MR) is 105 cm³/mol. The summed E-state index contributed by atoms with van der Waals surface area (Å²) in [6.07, 6.45) is 0.775. The van der Waals surface area contributed by atoms with Gasteiger partial charge in [-0.3, -0.25) is 4.79 Å². The molecule has 0 aliphatic carbocycles. The first-order chi connectivity index (χ1) is 12.2. The molecule has 5 heteroatoms. The largest absolute Gasteiger partial charge is 0.348 e. The average Bonchev–Trinajstić information content (AvgIpc) is 3.06. The summed E-state index contributed by atoms with van der Waals surface area (Å²) < 4.78 is 0.937. The van der Waals surface area contributed by atoms with E-state index in [1.807, 2.05) is 48.7 Å². The molecular weight excluding hydrogens is 348 g/mol. The van der Waals surface area contributed by atoms with Crippen LogP contribution in [0.1, 0.15) is 22.9 Å². The van der Waals surface area contributed by atoms with Gasteiger partial charge in [0.1, 0.15) is 0 Å². The third-order valence-corrected chi connectivity index (χ3v) is 5.88. The second kappa shape index (κ2) is 8.83. The van der Waals surface area contributed by atoms with E-state index in [1.165, 1.54) is 17.3 Å². The number of nitrogens with zero attached hydrogens (tertiary/aromatic N) is 1. The first-order valence-electron chi connectivity index (χ1n) is 8.14. The molecule has 3 aromatic rings. The highest BCUT2D eigenvalue weighted by atomic mass is 32.2. The van der Waals surface area contributed by atoms with Gasteiger partial charge >= 0.3 is 0 Å². The van der Waals surface area contributed by atoms with Crippen LogP contribution in [-0.4, -0.2) is 16.6 Å². The lowest BCUT2D eigenvalue weighted by atomic mass is 9.99. The molecule has 0 saturated heterocycles. The maximum Gasteiger partial charge on any atom is 0.230 e. The van der Waals surface area contributed by atoms with Crippen LogP contribution in [0.25, 0.3) is 0 Å². The van der Waals surface area contributed by atoms with Crippen LogP contribution in [0.5, 0.6) is 0 Å². The van der Waals surface area contributed by atoms with Gasteiger partial charge in [0.25, 0.3) is 0 Å². The van der Waals surface area contributed by atoms with Crippen LogP contribution in [0, 0.1) is 6.92 Å². The van der Waals surface area contributed by atoms with Crippen molar-refractivity contribution in [1.29, 1.82) is 0 Å². The van der Waals surface area contributed by atoms with Gasteiger partial charge in [-0.25, -0.2) is 4.98 Å². The Morgan fingerprint density at radius 1 is 1.12 bits per heavy atom. The molecule has 0 aliphatic rings. The number of benzene rings is 2. The summed E-state index contributed by atoms with van der Waals surface area (Å²) in [4.78, 5) is 16.8. The Morgan fingerprint density at radius 3 is 2.44 bits per heavy atom. The van der Waals surface area contributed by atoms with Gasteiger partial charge in [0.05, 0.1) is 11.8 Å². The van der Waals surface area contributed by atoms with Gasteiger partial charge in [0, 0.05) is 11.1 Å². The second-order valence-corrected chi connectivity index (χ2v) is 7.84. The number of aromatic nitrogens is 1. The number of nitrogens with one attached hydrogen (secondary N) is 1. The van der Waals surface area contributed by atoms with Crippen LogP contribution in [-0.2, 0) is 11.2 Å². The molecule has 1 amide bonds. The van der Waals surface area contributed by atoms with Crippen molar-refractivity contribution in [3.8, 4) is 0 Å². The molecular formula is C20H20N2OS2. The van der Waals surface area contributed by atoms with E-state index in [9.17, 15) is 4.79 Å². The molecule has 0 aliphatic heterocycles. The van der Waals surface area contributed by atoms with E-state index >= 15 is 0 Å². The summed E-state index contributed by atoms with van der Waals surface area (Å²) in [6.45, 7) is 1.96. The maximum atomic E-state index is 12.4. The van der Waals surface area contributed by atoms with Crippen molar-refractivity contribution in [1.82, 2.24) is 10.3 Å². The molecule has 0 spiro atoms. The molecule has 1 aromatic heterocycles. The quantitative estimate of drug-likeness (QED) is 0.618. The first kappa shape index (κ1) is 17.7. The van der Waals surface area contributed by atoms with Crippen molar-refractivity contribution in [3.05, 3.63) is 82.9 Å². The van der Waals surface area contributed by atoms with Crippen LogP contribution in [0.15, 0.2) is 70.4 Å². The number of thioether (sulfide) groups is 1. The Balaban J connectivity index is 1.65. The predicted octanol–water partition coefficient (Wildman–Crippen LogP) is 4.64. The summed E-state index contributed by atoms with van der Waals surface area (Å²) in [5, 5.41) is 5.18. The van der Waals surface area contributed by atoms with Crippen LogP contribution in [0.3, 0.4) is 0 Å². The van der Waals surface area contributed by atoms with Crippen LogP contribution < -0.4 is 5.32 Å². The van der Waals surface area contributed by atoms with Crippen LogP contribution >= 0.6 is 23.1 Å². The molecule has 1 atom stereocenters. The molecule has 3 nitrogen and oxygen atoms in total. The minimum atomic E-state index is -0.0327. The first-order valence-corrected chi connectivity index (χ1v) is 10.0. The standard InChI is InChI=1S/C20H20N2OS2/c1-15-13-24-20(21-15)25-14-19(23)22-18(17-10-6-3-7-11-17)12-16-8-4-2-5-9-16/h2-11,13,18H,12,14H2,1H3,(H,22,23)/t18-/m1/s1. The number of hydrogen-bond acceptors (Lipinski definition) is 4. The van der Waals surface area contributed by atoms with Gasteiger partial charge in [-0.15, -0.1) is 11.3 Å². The number of hydrogen-bond donors (Lipinski definition) is 1. The Labute approximate surface area is 156 Å². The van der Waals surface area contributed by atoms with E-state index in [4.69, 9.17) is 0 Å². The van der Waals surface area contributed by atoms with Crippen LogP contribution in [0.4, 0.5) is 0 Å². The Kier molecular flexibility index (Phi) is 6.25. The number of rotatable bonds is 7. The molecule has 1 heterocycles. The fourth-order valence-electron chi connectivity index (χ4n) is 2.55. The van der Waals surface area contributed by atoms with Gasteiger partial charge < -0.3 is 5.32 Å². The van der Waals surface area contributed by atoms with Gasteiger partial charge in [0.2, 0.25) is 5.91 Å². The normalized spacial score (nSPS) is 11.9. The molecule has 0 radical (unpaired) electrons. The SMILES string of the molecule is Cc1csc(SCC(=O)N[C@H](Cc2ccccc2)c2ccccc2)n1. The van der Waals surface area contributed by atoms with E-state index in [2.05, 4.69) is 34.6 Å². The Morgan fingerprint density at radius 2 is 1.80 bits per heavy atom. The van der Waals surface area contributed by atoms with Gasteiger partial charge in [0.15, 0.2) is 4.34 Å². The number of carbonyl (C=O) groups is 1. The topological polar surface area (TPSA) is 42.0 Å². The minimum Gasteiger partial charge on any atom is -0.348 e. The fourth-order valence-corrected chi connectivity index (χ4v) is 4.21. The maximum absolute atomic E-state index is 12.4. The van der Waals surface area contributed by atoms with Crippen molar-refractivity contribution in [2.75, 3.05) is 5.75 Å². The van der Waals surface area contributed by atoms with E-state index in [-0.39, 0.29) is 11.9 Å². The smallest absolute Gasteiger partial charge is 0.230 e. The van der Waals surface area contributed by atoms with E-state index in [0.717, 1.165) is 22.0 Å². The van der Waals surface area contributed by atoms with Gasteiger partial charge in [-0.2, -0.15) is 0 Å². The van der Waals surface area contributed by atoms with Crippen molar-refractivity contribution in [2.45, 2.75) is 23.7 Å². The van der Waals surface area contributed by atoms with Gasteiger partial charge in [-0.1, -0.05) is 72.4 Å². The number of aryl methyl sites for hydroxylation is 1. The average molecular weight is 369 g/mol. The lowest BCUT2D eigenvalue weighted by Gasteiger charge is -2.19. The monoisotopic (exact) mass is 368 g/mol. The molecule has 0 bridgehead atoms. The zero-order valence-electron chi connectivity index (χ0n) is 14.0. The number of amides is 1. The Hall–Kier alpha value is -2.11. The van der Waals surface area contributed by atoms with E-state index in [0.29, 0.717) is 5.75 Å². The Bertz CT molecular complexity index is 803. The van der Waals surface area contributed by atoms with E-state index < -0.39 is 0 Å². The third-order valence-electron chi connectivity index (χ3n) is 3.74. The molecule has 1 N–H and O–H groups in total. The summed E-state index contributed by atoms with van der Waals surface area (Å²) >= 11 is 3.07. The lowest BCUT2D eigenvalue weighted by molar-refractivity contribution is -0.119. The fraction of sp³-hybridized carbons (Fsp3) is 0.200. The molecule has 0 fully saturated rings. The number of carbonyl (C=O) groups excluding carboxylic acids is 1. The molecule has 0 saturated carbocycles. The van der Waals surface area contributed by atoms with Crippen molar-refractivity contribution in [3.63, 3.8) is 0 Å². The zero-order valence-corrected chi connectivity index (χ0v) is 15.6. The van der Waals surface area contributed by atoms with Crippen molar-refractivity contribution in [2.24, 2.45) is 0 Å². The summed E-state index contributed by atoms with van der Waals surface area (Å²) in [6, 6.07) is 20.3. The van der Waals surface area contributed by atoms with Gasteiger partial charge in [-0.05, 0) is 24.5 Å². The molecule has 3 rings (SSSR count). The zero-order chi connectivity index (χ0) is 17.5. The minimum absolute atomic E-state index is 0.0302. The molecule has 128 valence electrons. The van der Waals surface area contributed by atoms with Crippen LogP contribution in [0.2, 0.25) is 0 Å². The molecule has 2 aromatic carbocycles. The highest BCUT2D eigenvalue weighted by Gasteiger charge is 2.15. The summed E-state index contributed by atoms with van der Waals surface area (Å²) in [7, 11) is 0. The highest BCUT2D eigenvalue weighted by Crippen LogP contribution is 2.23. The van der Waals surface area contributed by atoms with E-state index in [1.54, 1.807) is 11.3 Å². The second-order valence-electron chi connectivity index (χ2n) is 5.76.